The van der Waals surface area contributed by atoms with Gasteiger partial charge in [0.1, 0.15) is 17.3 Å². The van der Waals surface area contributed by atoms with Gasteiger partial charge in [0.15, 0.2) is 9.75 Å². The molecular formula is C33H24Cl2FIN2O6. The molecule has 0 radical (unpaired) electrons. The van der Waals surface area contributed by atoms with E-state index in [0.717, 1.165) is 20.6 Å². The van der Waals surface area contributed by atoms with Crippen LogP contribution in [0.25, 0.3) is 0 Å². The number of amides is 4. The molecular weight excluding hydrogens is 737 g/mol. The summed E-state index contributed by atoms with van der Waals surface area (Å²) in [7, 11) is 1.44. The van der Waals surface area contributed by atoms with Crippen molar-refractivity contribution in [1.29, 1.82) is 0 Å². The van der Waals surface area contributed by atoms with E-state index >= 15 is 0 Å². The Morgan fingerprint density at radius 1 is 0.889 bits per heavy atom. The van der Waals surface area contributed by atoms with Crippen molar-refractivity contribution < 1.29 is 33.4 Å². The van der Waals surface area contributed by atoms with Crippen LogP contribution in [0.1, 0.15) is 24.3 Å². The number of halogens is 4. The molecule has 3 aromatic carbocycles. The first-order valence-electron chi connectivity index (χ1n) is 14.1. The van der Waals surface area contributed by atoms with Gasteiger partial charge >= 0.3 is 0 Å². The van der Waals surface area contributed by atoms with Crippen molar-refractivity contribution in [2.24, 2.45) is 17.8 Å². The molecule has 0 unspecified atom stereocenters. The van der Waals surface area contributed by atoms with Gasteiger partial charge in [-0.15, -0.1) is 23.2 Å². The molecule has 3 fully saturated rings. The van der Waals surface area contributed by atoms with Crippen LogP contribution in [0, 0.1) is 27.1 Å². The van der Waals surface area contributed by atoms with E-state index in [9.17, 15) is 28.7 Å². The van der Waals surface area contributed by atoms with Gasteiger partial charge in [-0.2, -0.15) is 0 Å². The average molecular weight is 761 g/mol. The quantitative estimate of drug-likeness (QED) is 0.154. The van der Waals surface area contributed by atoms with Crippen molar-refractivity contribution in [3.8, 4) is 11.5 Å². The maximum absolute atomic E-state index is 14.4. The van der Waals surface area contributed by atoms with E-state index < -0.39 is 57.0 Å². The standard InChI is InChI=1S/C33H24Cl2FIN2O6/c1-45-20-10-13-25(40)23(14-20)27-21-11-12-22-26(29(42)38(28(22)41)18-8-4-17(37)5-9-18)24(21)15-32(34)30(43)39(31(44)33(27,32)35)19-6-2-16(36)3-7-19/h2-11,13-14,22,24,26-27,40H,12,15H2,1H3/t22-,24+,26-,27+,32+,33-/m0/s1. The summed E-state index contributed by atoms with van der Waals surface area (Å²) in [5.41, 5.74) is 1.21. The Morgan fingerprint density at radius 2 is 1.53 bits per heavy atom. The van der Waals surface area contributed by atoms with Gasteiger partial charge < -0.3 is 9.84 Å². The number of imide groups is 2. The maximum Gasteiger partial charge on any atom is 0.258 e. The molecule has 4 amide bonds. The highest BCUT2D eigenvalue weighted by Crippen LogP contribution is 2.66. The zero-order chi connectivity index (χ0) is 32.0. The maximum atomic E-state index is 14.4. The van der Waals surface area contributed by atoms with Gasteiger partial charge in [0.05, 0.1) is 30.3 Å². The topological polar surface area (TPSA) is 104 Å². The number of carbonyl (C=O) groups is 4. The minimum Gasteiger partial charge on any atom is -0.508 e. The van der Waals surface area contributed by atoms with E-state index in [0.29, 0.717) is 17.0 Å². The minimum atomic E-state index is -2.17. The number of benzene rings is 3. The predicted octanol–water partition coefficient (Wildman–Crippen LogP) is 5.91. The fourth-order valence-corrected chi connectivity index (χ4v) is 8.77. The number of alkyl halides is 2. The number of ether oxygens (including phenoxy) is 1. The van der Waals surface area contributed by atoms with Crippen LogP contribution in [0.4, 0.5) is 15.8 Å². The van der Waals surface area contributed by atoms with Crippen LogP contribution in [0.3, 0.4) is 0 Å². The van der Waals surface area contributed by atoms with Gasteiger partial charge in [-0.25, -0.2) is 9.29 Å². The molecule has 2 saturated heterocycles. The van der Waals surface area contributed by atoms with E-state index in [-0.39, 0.29) is 35.7 Å². The number of methoxy groups -OCH3 is 1. The fraction of sp³-hybridized carbons (Fsp3) is 0.273. The van der Waals surface area contributed by atoms with Crippen molar-refractivity contribution in [2.45, 2.75) is 28.5 Å². The van der Waals surface area contributed by atoms with Crippen LogP contribution in [-0.4, -0.2) is 45.6 Å². The van der Waals surface area contributed by atoms with E-state index in [4.69, 9.17) is 27.9 Å². The fourth-order valence-electron chi connectivity index (χ4n) is 7.48. The van der Waals surface area contributed by atoms with Crippen LogP contribution < -0.4 is 14.5 Å². The number of hydrogen-bond donors (Lipinski definition) is 1. The zero-order valence-electron chi connectivity index (χ0n) is 23.5. The highest BCUT2D eigenvalue weighted by molar-refractivity contribution is 14.1. The molecule has 1 saturated carbocycles. The molecule has 6 atom stereocenters. The van der Waals surface area contributed by atoms with E-state index in [1.807, 2.05) is 0 Å². The lowest BCUT2D eigenvalue weighted by atomic mass is 9.56. The second kappa shape index (κ2) is 10.5. The van der Waals surface area contributed by atoms with Crippen LogP contribution in [0.5, 0.6) is 11.5 Å². The number of phenols is 1. The number of phenolic OH excluding ortho intramolecular Hbond substituents is 1. The molecule has 3 aromatic rings. The number of aromatic hydroxyl groups is 1. The number of hydrogen-bond acceptors (Lipinski definition) is 6. The van der Waals surface area contributed by atoms with Crippen LogP contribution >= 0.6 is 45.8 Å². The lowest BCUT2D eigenvalue weighted by molar-refractivity contribution is -0.125. The monoisotopic (exact) mass is 760 g/mol. The molecule has 45 heavy (non-hydrogen) atoms. The average Bonchev–Trinajstić information content (AvgIpc) is 3.36. The van der Waals surface area contributed by atoms with Crippen molar-refractivity contribution in [2.75, 3.05) is 16.9 Å². The van der Waals surface area contributed by atoms with E-state index in [1.54, 1.807) is 30.3 Å². The first kappa shape index (κ1) is 30.2. The van der Waals surface area contributed by atoms with Crippen molar-refractivity contribution in [3.63, 3.8) is 0 Å². The number of fused-ring (bicyclic) bond motifs is 4. The molecule has 0 bridgehead atoms. The molecule has 0 aromatic heterocycles. The Morgan fingerprint density at radius 3 is 2.20 bits per heavy atom. The van der Waals surface area contributed by atoms with E-state index in [1.165, 1.54) is 42.3 Å². The molecule has 2 aliphatic heterocycles. The smallest absolute Gasteiger partial charge is 0.258 e. The molecule has 4 aliphatic rings. The summed E-state index contributed by atoms with van der Waals surface area (Å²) in [5.74, 6) is -6.53. The van der Waals surface area contributed by atoms with Crippen LogP contribution in [0.15, 0.2) is 78.4 Å². The summed E-state index contributed by atoms with van der Waals surface area (Å²) in [6.07, 6.45) is 1.74. The summed E-state index contributed by atoms with van der Waals surface area (Å²) in [4.78, 5) is 54.4. The van der Waals surface area contributed by atoms with Gasteiger partial charge in [0.2, 0.25) is 11.8 Å². The number of anilines is 2. The van der Waals surface area contributed by atoms with Gasteiger partial charge in [-0.05, 0) is 108 Å². The molecule has 8 nitrogen and oxygen atoms in total. The summed E-state index contributed by atoms with van der Waals surface area (Å²) in [6.45, 7) is 0. The largest absolute Gasteiger partial charge is 0.508 e. The summed E-state index contributed by atoms with van der Waals surface area (Å²) >= 11 is 16.8. The first-order chi connectivity index (χ1) is 21.4. The minimum absolute atomic E-state index is 0.0706. The third-order valence-electron chi connectivity index (χ3n) is 9.53. The van der Waals surface area contributed by atoms with Crippen LogP contribution in [0.2, 0.25) is 0 Å². The van der Waals surface area contributed by atoms with Gasteiger partial charge in [0, 0.05) is 15.1 Å². The van der Waals surface area contributed by atoms with Crippen LogP contribution in [-0.2, 0) is 19.2 Å². The Bertz CT molecular complexity index is 1840. The summed E-state index contributed by atoms with van der Waals surface area (Å²) in [5, 5.41) is 11.2. The number of nitrogens with zero attached hydrogens (tertiary/aromatic N) is 2. The molecule has 7 rings (SSSR count). The zero-order valence-corrected chi connectivity index (χ0v) is 27.2. The Kier molecular flexibility index (Phi) is 7.06. The third kappa shape index (κ3) is 4.14. The van der Waals surface area contributed by atoms with E-state index in [2.05, 4.69) is 22.6 Å². The second-order valence-corrected chi connectivity index (χ2v) is 14.2. The van der Waals surface area contributed by atoms with Gasteiger partial charge in [-0.3, -0.25) is 24.1 Å². The summed E-state index contributed by atoms with van der Waals surface area (Å²) in [6, 6.07) is 16.2. The Balaban J connectivity index is 1.41. The number of allylic oxidation sites excluding steroid dienone is 2. The summed E-state index contributed by atoms with van der Waals surface area (Å²) < 4.78 is 20.2. The molecule has 0 spiro atoms. The van der Waals surface area contributed by atoms with Crippen molar-refractivity contribution >= 4 is 80.8 Å². The highest BCUT2D eigenvalue weighted by Gasteiger charge is 2.77. The Labute approximate surface area is 280 Å². The molecule has 2 heterocycles. The lowest BCUT2D eigenvalue weighted by Crippen LogP contribution is -2.60. The van der Waals surface area contributed by atoms with Crippen molar-refractivity contribution in [3.05, 3.63) is 93.3 Å². The predicted molar refractivity (Wildman–Crippen MR) is 173 cm³/mol. The highest BCUT2D eigenvalue weighted by atomic mass is 127. The SMILES string of the molecule is COc1ccc(O)c([C@H]2C3=CC[C@@H]4C(=O)N(c5ccc(I)cc5)C(=O)[C@@H]4[C@@H]3C[C@@]3(Cl)C(=O)N(c4ccc(F)cc4)C(=O)[C@@]23Cl)c1. The number of rotatable bonds is 4. The van der Waals surface area contributed by atoms with Gasteiger partial charge in [-0.1, -0.05) is 11.6 Å². The first-order valence-corrected chi connectivity index (χ1v) is 16.0. The van der Waals surface area contributed by atoms with Crippen molar-refractivity contribution in [1.82, 2.24) is 0 Å². The number of carbonyl (C=O) groups excluding carboxylic acids is 4. The lowest BCUT2D eigenvalue weighted by Gasteiger charge is -2.50. The molecule has 230 valence electrons. The molecule has 2 aliphatic carbocycles. The normalized spacial score (nSPS) is 30.6. The molecule has 1 N–H and O–H groups in total. The second-order valence-electron chi connectivity index (χ2n) is 11.7. The van der Waals surface area contributed by atoms with Gasteiger partial charge in [0.25, 0.3) is 11.8 Å². The molecule has 12 heteroatoms. The third-order valence-corrected chi connectivity index (χ3v) is 11.7. The Hall–Kier alpha value is -3.48.